The largest absolute Gasteiger partial charge is 0.463 e. The van der Waals surface area contributed by atoms with Gasteiger partial charge in [0.05, 0.1) is 0 Å². The number of esters is 5. The van der Waals surface area contributed by atoms with Crippen molar-refractivity contribution in [3.63, 3.8) is 0 Å². The third kappa shape index (κ3) is 6.51. The number of hydrogen-bond acceptors (Lipinski definition) is 11. The highest BCUT2D eigenvalue weighted by atomic mass is 16.8. The summed E-state index contributed by atoms with van der Waals surface area (Å²) in [4.78, 5) is 57.0. The van der Waals surface area contributed by atoms with E-state index in [-0.39, 0.29) is 0 Å². The SMILES string of the molecule is CC(=O)OC[C@@H]1O[C@](COC(C)=O)(OC(C)=O)[C@@H](OC(C)=O)[C@H]1OC(C)=O. The van der Waals surface area contributed by atoms with E-state index in [2.05, 4.69) is 0 Å². The molecule has 0 saturated carbocycles. The lowest BCUT2D eigenvalue weighted by molar-refractivity contribution is -0.270. The van der Waals surface area contributed by atoms with Gasteiger partial charge in [-0.05, 0) is 0 Å². The fraction of sp³-hybridized carbons (Fsp3) is 0.688. The van der Waals surface area contributed by atoms with E-state index in [0.717, 1.165) is 34.6 Å². The van der Waals surface area contributed by atoms with Crippen molar-refractivity contribution in [3.8, 4) is 0 Å². The van der Waals surface area contributed by atoms with Crippen molar-refractivity contribution < 1.29 is 52.4 Å². The van der Waals surface area contributed by atoms with Crippen molar-refractivity contribution in [1.82, 2.24) is 0 Å². The maximum atomic E-state index is 11.6. The summed E-state index contributed by atoms with van der Waals surface area (Å²) in [5.41, 5.74) is 0. The minimum atomic E-state index is -2.09. The van der Waals surface area contributed by atoms with E-state index in [1.165, 1.54) is 0 Å². The smallest absolute Gasteiger partial charge is 0.305 e. The quantitative estimate of drug-likeness (QED) is 0.415. The maximum Gasteiger partial charge on any atom is 0.305 e. The Kier molecular flexibility index (Phi) is 7.70. The first-order valence-corrected chi connectivity index (χ1v) is 7.95. The summed E-state index contributed by atoms with van der Waals surface area (Å²) in [6.07, 6.45) is -3.92. The molecule has 0 spiro atoms. The van der Waals surface area contributed by atoms with Gasteiger partial charge in [0.25, 0.3) is 5.79 Å². The molecule has 27 heavy (non-hydrogen) atoms. The summed E-state index contributed by atoms with van der Waals surface area (Å²) < 4.78 is 30.9. The van der Waals surface area contributed by atoms with Gasteiger partial charge in [-0.3, -0.25) is 24.0 Å². The molecule has 0 radical (unpaired) electrons. The van der Waals surface area contributed by atoms with Crippen LogP contribution in [0, 0.1) is 0 Å². The Hall–Kier alpha value is -2.69. The Morgan fingerprint density at radius 2 is 1.33 bits per heavy atom. The molecule has 152 valence electrons. The van der Waals surface area contributed by atoms with Gasteiger partial charge >= 0.3 is 29.8 Å². The molecule has 1 fully saturated rings. The lowest BCUT2D eigenvalue weighted by atomic mass is 10.0. The van der Waals surface area contributed by atoms with Crippen LogP contribution >= 0.6 is 0 Å². The third-order valence-corrected chi connectivity index (χ3v) is 3.29. The second-order valence-electron chi connectivity index (χ2n) is 5.75. The zero-order chi connectivity index (χ0) is 20.8. The molecule has 1 rings (SSSR count). The first-order chi connectivity index (χ1) is 12.5. The molecule has 1 saturated heterocycles. The molecule has 11 heteroatoms. The van der Waals surface area contributed by atoms with Gasteiger partial charge < -0.3 is 28.4 Å². The summed E-state index contributed by atoms with van der Waals surface area (Å²) in [7, 11) is 0. The predicted molar refractivity (Wildman–Crippen MR) is 83.7 cm³/mol. The van der Waals surface area contributed by atoms with Crippen molar-refractivity contribution in [2.45, 2.75) is 58.7 Å². The molecule has 0 aromatic heterocycles. The molecule has 0 amide bonds. The molecule has 0 aromatic rings. The van der Waals surface area contributed by atoms with Gasteiger partial charge in [0.1, 0.15) is 12.7 Å². The van der Waals surface area contributed by atoms with E-state index in [0.29, 0.717) is 0 Å². The topological polar surface area (TPSA) is 141 Å². The molecule has 0 N–H and O–H groups in total. The Labute approximate surface area is 155 Å². The van der Waals surface area contributed by atoms with E-state index >= 15 is 0 Å². The minimum Gasteiger partial charge on any atom is -0.463 e. The molecule has 0 unspecified atom stereocenters. The minimum absolute atomic E-state index is 0.395. The highest BCUT2D eigenvalue weighted by Gasteiger charge is 2.63. The van der Waals surface area contributed by atoms with Crippen molar-refractivity contribution in [1.29, 1.82) is 0 Å². The Bertz CT molecular complexity index is 613. The molecule has 1 aliphatic heterocycles. The fourth-order valence-corrected chi connectivity index (χ4v) is 2.50. The van der Waals surface area contributed by atoms with Crippen molar-refractivity contribution >= 4 is 29.8 Å². The van der Waals surface area contributed by atoms with Crippen LogP contribution < -0.4 is 0 Å². The fourth-order valence-electron chi connectivity index (χ4n) is 2.50. The van der Waals surface area contributed by atoms with Gasteiger partial charge in [-0.25, -0.2) is 0 Å². The number of rotatable bonds is 7. The first-order valence-electron chi connectivity index (χ1n) is 7.95. The first kappa shape index (κ1) is 22.4. The molecule has 11 nitrogen and oxygen atoms in total. The van der Waals surface area contributed by atoms with E-state index in [1.807, 2.05) is 0 Å². The lowest BCUT2D eigenvalue weighted by Gasteiger charge is -2.32. The Morgan fingerprint density at radius 3 is 1.78 bits per heavy atom. The Balaban J connectivity index is 3.32. The maximum absolute atomic E-state index is 11.6. The average molecular weight is 390 g/mol. The van der Waals surface area contributed by atoms with Crippen LogP contribution in [0.3, 0.4) is 0 Å². The second-order valence-corrected chi connectivity index (χ2v) is 5.75. The molecule has 1 aliphatic rings. The number of carbonyl (C=O) groups excluding carboxylic acids is 5. The van der Waals surface area contributed by atoms with Gasteiger partial charge in [0, 0.05) is 34.6 Å². The van der Waals surface area contributed by atoms with Crippen LogP contribution in [0.5, 0.6) is 0 Å². The molecule has 4 atom stereocenters. The van der Waals surface area contributed by atoms with E-state index in [9.17, 15) is 24.0 Å². The van der Waals surface area contributed by atoms with Crippen molar-refractivity contribution in [2.75, 3.05) is 13.2 Å². The van der Waals surface area contributed by atoms with Gasteiger partial charge in [-0.1, -0.05) is 0 Å². The summed E-state index contributed by atoms with van der Waals surface area (Å²) in [6, 6.07) is 0. The van der Waals surface area contributed by atoms with Crippen molar-refractivity contribution in [2.24, 2.45) is 0 Å². The molecular formula is C16H22O11. The van der Waals surface area contributed by atoms with Crippen LogP contribution in [-0.2, 0) is 52.4 Å². The van der Waals surface area contributed by atoms with Gasteiger partial charge in [0.2, 0.25) is 6.10 Å². The van der Waals surface area contributed by atoms with Crippen LogP contribution in [0.1, 0.15) is 34.6 Å². The van der Waals surface area contributed by atoms with E-state index < -0.39 is 67.2 Å². The predicted octanol–water partition coefficient (Wildman–Crippen LogP) is -0.366. The van der Waals surface area contributed by atoms with Crippen LogP contribution in [0.25, 0.3) is 0 Å². The van der Waals surface area contributed by atoms with Gasteiger partial charge in [-0.15, -0.1) is 0 Å². The Morgan fingerprint density at radius 1 is 0.778 bits per heavy atom. The zero-order valence-electron chi connectivity index (χ0n) is 15.6. The van der Waals surface area contributed by atoms with E-state index in [1.54, 1.807) is 0 Å². The summed E-state index contributed by atoms with van der Waals surface area (Å²) in [6.45, 7) is 4.46. The molecule has 0 aliphatic carbocycles. The molecular weight excluding hydrogens is 368 g/mol. The highest BCUT2D eigenvalue weighted by molar-refractivity contribution is 5.69. The van der Waals surface area contributed by atoms with E-state index in [4.69, 9.17) is 28.4 Å². The lowest BCUT2D eigenvalue weighted by Crippen LogP contribution is -2.53. The van der Waals surface area contributed by atoms with Crippen LogP contribution in [-0.4, -0.2) is 67.2 Å². The highest BCUT2D eigenvalue weighted by Crippen LogP contribution is 2.37. The van der Waals surface area contributed by atoms with Gasteiger partial charge in [-0.2, -0.15) is 0 Å². The summed E-state index contributed by atoms with van der Waals surface area (Å²) >= 11 is 0. The molecule has 0 bridgehead atoms. The van der Waals surface area contributed by atoms with Gasteiger partial charge in [0.15, 0.2) is 12.7 Å². The average Bonchev–Trinajstić information content (AvgIpc) is 2.76. The molecule has 0 aromatic carbocycles. The number of ether oxygens (including phenoxy) is 6. The summed E-state index contributed by atoms with van der Waals surface area (Å²) in [5.74, 6) is -5.84. The number of carbonyl (C=O) groups is 5. The zero-order valence-corrected chi connectivity index (χ0v) is 15.6. The summed E-state index contributed by atoms with van der Waals surface area (Å²) in [5, 5.41) is 0. The number of hydrogen-bond donors (Lipinski definition) is 0. The van der Waals surface area contributed by atoms with Crippen molar-refractivity contribution in [3.05, 3.63) is 0 Å². The van der Waals surface area contributed by atoms with Crippen LogP contribution in [0.2, 0.25) is 0 Å². The second kappa shape index (κ2) is 9.31. The monoisotopic (exact) mass is 390 g/mol. The standard InChI is InChI=1S/C16H22O11/c1-8(17)22-6-13-14(24-10(3)19)15(25-11(4)20)16(27-13,26-12(5)21)7-23-9(2)18/h13-15H,6-7H2,1-5H3/t13-,14-,15-,16-/m0/s1. The van der Waals surface area contributed by atoms with Crippen LogP contribution in [0.4, 0.5) is 0 Å². The normalized spacial score (nSPS) is 26.6. The third-order valence-electron chi connectivity index (χ3n) is 3.29. The van der Waals surface area contributed by atoms with Crippen LogP contribution in [0.15, 0.2) is 0 Å². The molecule has 1 heterocycles.